The summed E-state index contributed by atoms with van der Waals surface area (Å²) in [6, 6.07) is 0.450. The minimum atomic E-state index is -3.74. The van der Waals surface area contributed by atoms with Crippen molar-refractivity contribution in [1.82, 2.24) is 14.9 Å². The number of aromatic nitrogens is 2. The van der Waals surface area contributed by atoms with Crippen molar-refractivity contribution in [2.75, 3.05) is 18.9 Å². The minimum absolute atomic E-state index is 0.119. The molecule has 26 heavy (non-hydrogen) atoms. The molecule has 1 aromatic rings. The number of nitrogens with one attached hydrogen (secondary N) is 1. The quantitative estimate of drug-likeness (QED) is 0.551. The Morgan fingerprint density at radius 2 is 2.27 bits per heavy atom. The maximum atomic E-state index is 14.4. The zero-order chi connectivity index (χ0) is 19.5. The van der Waals surface area contributed by atoms with Crippen molar-refractivity contribution in [3.63, 3.8) is 0 Å². The number of aliphatic hydroxyl groups is 1. The van der Waals surface area contributed by atoms with Gasteiger partial charge in [-0.15, -0.1) is 0 Å². The van der Waals surface area contributed by atoms with Crippen LogP contribution in [-0.4, -0.2) is 58.0 Å². The van der Waals surface area contributed by atoms with Crippen LogP contribution in [0.5, 0.6) is 0 Å². The molecule has 0 spiro atoms. The van der Waals surface area contributed by atoms with E-state index in [1.165, 1.54) is 6.07 Å². The molecule has 1 saturated heterocycles. The van der Waals surface area contributed by atoms with Gasteiger partial charge in [0.25, 0.3) is 0 Å². The summed E-state index contributed by atoms with van der Waals surface area (Å²) in [5, 5.41) is 12.7. The Bertz CT molecular complexity index is 699. The van der Waals surface area contributed by atoms with E-state index in [0.29, 0.717) is 11.0 Å². The molecule has 0 amide bonds. The Morgan fingerprint density at radius 1 is 1.58 bits per heavy atom. The molecule has 0 bridgehead atoms. The van der Waals surface area contributed by atoms with Crippen LogP contribution in [0.3, 0.4) is 0 Å². The molecule has 4 atom stereocenters. The van der Waals surface area contributed by atoms with Gasteiger partial charge in [-0.1, -0.05) is 6.92 Å². The molecule has 0 radical (unpaired) electrons. The van der Waals surface area contributed by atoms with Crippen LogP contribution >= 0.6 is 0 Å². The first-order chi connectivity index (χ1) is 12.2. The summed E-state index contributed by atoms with van der Waals surface area (Å²) in [4.78, 5) is 26.9. The van der Waals surface area contributed by atoms with Crippen LogP contribution in [0.1, 0.15) is 26.5 Å². The van der Waals surface area contributed by atoms with E-state index >= 15 is 0 Å². The number of ether oxygens (including phenoxy) is 2. The second kappa shape index (κ2) is 8.06. The average Bonchev–Trinajstić information content (AvgIpc) is 2.79. The van der Waals surface area contributed by atoms with E-state index in [9.17, 15) is 23.5 Å². The molecule has 0 aromatic carbocycles. The molecule has 4 N–H and O–H groups in total. The molecule has 0 aliphatic carbocycles. The molecular formula is C15H22F2N4O5. The third-order valence-corrected chi connectivity index (χ3v) is 4.03. The van der Waals surface area contributed by atoms with Crippen molar-refractivity contribution in [3.05, 3.63) is 22.7 Å². The number of nitrogens with zero attached hydrogens (tertiary/aromatic N) is 2. The standard InChI is InChI=1S/C15H22F2N4O5/c1-3-8(12(23)25-4-2)19-7-9-11(22)15(16,17)13(26-9)21-6-5-10(18)20-14(21)24/h5-6,8-9,11,13,19,22H,3-4,7H2,1-2H3,(H2,18,20,24)/t8?,9-,11-,13-/m1/s1. The maximum Gasteiger partial charge on any atom is 0.351 e. The predicted molar refractivity (Wildman–Crippen MR) is 86.5 cm³/mol. The van der Waals surface area contributed by atoms with Crippen molar-refractivity contribution in [2.24, 2.45) is 0 Å². The number of esters is 1. The molecule has 1 aliphatic rings. The number of nitrogen functional groups attached to an aromatic ring is 1. The van der Waals surface area contributed by atoms with Crippen LogP contribution in [0.15, 0.2) is 17.1 Å². The second-order valence-electron chi connectivity index (χ2n) is 5.81. The average molecular weight is 376 g/mol. The van der Waals surface area contributed by atoms with Gasteiger partial charge in [0, 0.05) is 12.7 Å². The molecule has 0 saturated carbocycles. The first kappa shape index (κ1) is 20.2. The minimum Gasteiger partial charge on any atom is -0.465 e. The number of alkyl halides is 2. The Labute approximate surface area is 148 Å². The van der Waals surface area contributed by atoms with Gasteiger partial charge in [-0.25, -0.2) is 4.79 Å². The maximum absolute atomic E-state index is 14.4. The predicted octanol–water partition coefficient (Wildman–Crippen LogP) is -0.350. The van der Waals surface area contributed by atoms with Gasteiger partial charge >= 0.3 is 17.6 Å². The molecule has 1 aromatic heterocycles. The molecule has 146 valence electrons. The molecule has 9 nitrogen and oxygen atoms in total. The topological polar surface area (TPSA) is 129 Å². The van der Waals surface area contributed by atoms with Crippen molar-refractivity contribution in [2.45, 2.75) is 50.7 Å². The lowest BCUT2D eigenvalue weighted by Crippen LogP contribution is -2.46. The van der Waals surface area contributed by atoms with Gasteiger partial charge in [-0.2, -0.15) is 13.8 Å². The van der Waals surface area contributed by atoms with Crippen LogP contribution in [-0.2, 0) is 14.3 Å². The van der Waals surface area contributed by atoms with Crippen LogP contribution < -0.4 is 16.7 Å². The summed E-state index contributed by atoms with van der Waals surface area (Å²) in [6.45, 7) is 3.32. The number of carbonyl (C=O) groups is 1. The number of halogens is 2. The molecule has 1 aliphatic heterocycles. The fraction of sp³-hybridized carbons (Fsp3) is 0.667. The highest BCUT2D eigenvalue weighted by Crippen LogP contribution is 2.42. The summed E-state index contributed by atoms with van der Waals surface area (Å²) in [6.07, 6.45) is -4.16. The summed E-state index contributed by atoms with van der Waals surface area (Å²) in [5.74, 6) is -4.38. The second-order valence-corrected chi connectivity index (χ2v) is 5.81. The number of carbonyl (C=O) groups excluding carboxylic acids is 1. The van der Waals surface area contributed by atoms with E-state index in [1.807, 2.05) is 0 Å². The largest absolute Gasteiger partial charge is 0.465 e. The third kappa shape index (κ3) is 4.00. The van der Waals surface area contributed by atoms with Crippen LogP contribution in [0.4, 0.5) is 14.6 Å². The molecular weight excluding hydrogens is 354 g/mol. The number of hydrogen-bond donors (Lipinski definition) is 3. The van der Waals surface area contributed by atoms with E-state index in [0.717, 1.165) is 6.20 Å². The van der Waals surface area contributed by atoms with Crippen LogP contribution in [0.2, 0.25) is 0 Å². The summed E-state index contributed by atoms with van der Waals surface area (Å²) < 4.78 is 39.4. The summed E-state index contributed by atoms with van der Waals surface area (Å²) in [7, 11) is 0. The Balaban J connectivity index is 2.12. The van der Waals surface area contributed by atoms with Crippen molar-refractivity contribution >= 4 is 11.8 Å². The lowest BCUT2D eigenvalue weighted by atomic mass is 10.1. The Morgan fingerprint density at radius 3 is 2.85 bits per heavy atom. The zero-order valence-corrected chi connectivity index (χ0v) is 14.4. The smallest absolute Gasteiger partial charge is 0.351 e. The monoisotopic (exact) mass is 376 g/mol. The number of rotatable bonds is 7. The molecule has 2 heterocycles. The lowest BCUT2D eigenvalue weighted by Gasteiger charge is -2.21. The van der Waals surface area contributed by atoms with E-state index in [1.54, 1.807) is 13.8 Å². The number of nitrogens with two attached hydrogens (primary N) is 1. The number of anilines is 1. The number of aliphatic hydroxyl groups excluding tert-OH is 1. The van der Waals surface area contributed by atoms with Gasteiger partial charge < -0.3 is 25.6 Å². The van der Waals surface area contributed by atoms with Gasteiger partial charge in [0.05, 0.1) is 6.61 Å². The van der Waals surface area contributed by atoms with Crippen molar-refractivity contribution < 1.29 is 28.2 Å². The normalized spacial score (nSPS) is 25.8. The van der Waals surface area contributed by atoms with Gasteiger partial charge in [0.1, 0.15) is 24.1 Å². The SMILES string of the molecule is CCOC(=O)C(CC)NC[C@H]1O[C@@H](n2ccc(N)nc2=O)C(F)(F)[C@@H]1O. The zero-order valence-electron chi connectivity index (χ0n) is 14.4. The van der Waals surface area contributed by atoms with Gasteiger partial charge in [0.2, 0.25) is 6.23 Å². The fourth-order valence-electron chi connectivity index (χ4n) is 2.64. The van der Waals surface area contributed by atoms with Gasteiger partial charge in [0.15, 0.2) is 0 Å². The summed E-state index contributed by atoms with van der Waals surface area (Å²) in [5.41, 5.74) is 4.32. The highest BCUT2D eigenvalue weighted by atomic mass is 19.3. The molecule has 2 rings (SSSR count). The van der Waals surface area contributed by atoms with Gasteiger partial charge in [-0.05, 0) is 19.4 Å². The van der Waals surface area contributed by atoms with Crippen molar-refractivity contribution in [3.8, 4) is 0 Å². The highest BCUT2D eigenvalue weighted by Gasteiger charge is 2.59. The summed E-state index contributed by atoms with van der Waals surface area (Å²) >= 11 is 0. The first-order valence-corrected chi connectivity index (χ1v) is 8.18. The first-order valence-electron chi connectivity index (χ1n) is 8.18. The molecule has 1 fully saturated rings. The lowest BCUT2D eigenvalue weighted by molar-refractivity contribution is -0.146. The van der Waals surface area contributed by atoms with Crippen LogP contribution in [0, 0.1) is 0 Å². The van der Waals surface area contributed by atoms with E-state index in [-0.39, 0.29) is 19.0 Å². The fourth-order valence-corrected chi connectivity index (χ4v) is 2.64. The van der Waals surface area contributed by atoms with Crippen molar-refractivity contribution in [1.29, 1.82) is 0 Å². The molecule has 1 unspecified atom stereocenters. The Hall–Kier alpha value is -2.11. The van der Waals surface area contributed by atoms with E-state index in [2.05, 4.69) is 10.3 Å². The highest BCUT2D eigenvalue weighted by molar-refractivity contribution is 5.75. The van der Waals surface area contributed by atoms with E-state index in [4.69, 9.17) is 15.2 Å². The molecule has 11 heteroatoms. The van der Waals surface area contributed by atoms with E-state index < -0.39 is 42.1 Å². The van der Waals surface area contributed by atoms with Gasteiger partial charge in [-0.3, -0.25) is 9.36 Å². The Kier molecular flexibility index (Phi) is 6.26. The van der Waals surface area contributed by atoms with Crippen LogP contribution in [0.25, 0.3) is 0 Å². The third-order valence-electron chi connectivity index (χ3n) is 4.03. The number of hydrogen-bond acceptors (Lipinski definition) is 8.